The third-order valence-electron chi connectivity index (χ3n) is 4.66. The maximum atomic E-state index is 14.4. The van der Waals surface area contributed by atoms with Gasteiger partial charge in [-0.25, -0.2) is 4.39 Å². The summed E-state index contributed by atoms with van der Waals surface area (Å²) in [5.74, 6) is -0.175. The van der Waals surface area contributed by atoms with E-state index < -0.39 is 11.4 Å². The zero-order valence-electron chi connectivity index (χ0n) is 12.5. The number of hydrogen-bond donors (Lipinski definition) is 0. The predicted molar refractivity (Wildman–Crippen MR) is 87.5 cm³/mol. The lowest BCUT2D eigenvalue weighted by Crippen LogP contribution is -2.53. The highest BCUT2D eigenvalue weighted by molar-refractivity contribution is 9.10. The summed E-state index contributed by atoms with van der Waals surface area (Å²) < 4.78 is 14.8. The van der Waals surface area contributed by atoms with Gasteiger partial charge in [0, 0.05) is 4.47 Å². The summed E-state index contributed by atoms with van der Waals surface area (Å²) >= 11 is 9.11. The Bertz CT molecular complexity index is 553. The fraction of sp³-hybridized carbons (Fsp3) is 0.562. The van der Waals surface area contributed by atoms with E-state index in [1.54, 1.807) is 6.07 Å². The first kappa shape index (κ1) is 16.9. The van der Waals surface area contributed by atoms with E-state index in [-0.39, 0.29) is 16.4 Å². The first-order valence-electron chi connectivity index (χ1n) is 7.15. The molecule has 0 saturated heterocycles. The Morgan fingerprint density at radius 3 is 2.48 bits per heavy atom. The largest absolute Gasteiger partial charge is 0.297 e. The molecule has 1 saturated carbocycles. The Kier molecular flexibility index (Phi) is 5.11. The molecule has 1 aromatic carbocycles. The first-order valence-corrected chi connectivity index (χ1v) is 8.32. The van der Waals surface area contributed by atoms with Crippen LogP contribution in [-0.2, 0) is 0 Å². The van der Waals surface area contributed by atoms with E-state index in [0.29, 0.717) is 10.4 Å². The van der Waals surface area contributed by atoms with Gasteiger partial charge in [0.1, 0.15) is 0 Å². The summed E-state index contributed by atoms with van der Waals surface area (Å²) in [6.07, 6.45) is 3.48. The highest BCUT2D eigenvalue weighted by Gasteiger charge is 2.44. The molecule has 2 rings (SSSR count). The van der Waals surface area contributed by atoms with Crippen LogP contribution in [0, 0.1) is 11.7 Å². The predicted octanol–water partition coefficient (Wildman–Crippen LogP) is 4.93. The molecule has 0 unspecified atom stereocenters. The molecule has 1 aliphatic carbocycles. The van der Waals surface area contributed by atoms with Crippen molar-refractivity contribution >= 4 is 33.3 Å². The van der Waals surface area contributed by atoms with Crippen LogP contribution in [0.2, 0.25) is 5.02 Å². The van der Waals surface area contributed by atoms with E-state index >= 15 is 0 Å². The minimum absolute atomic E-state index is 0.0288. The van der Waals surface area contributed by atoms with Crippen molar-refractivity contribution in [2.45, 2.75) is 38.1 Å². The number of likely N-dealkylation sites (N-methyl/N-ethyl adjacent to an activating group) is 1. The van der Waals surface area contributed by atoms with Crippen LogP contribution in [0.4, 0.5) is 4.39 Å². The molecule has 0 amide bonds. The van der Waals surface area contributed by atoms with Gasteiger partial charge in [-0.2, -0.15) is 0 Å². The molecule has 0 spiro atoms. The maximum absolute atomic E-state index is 14.4. The van der Waals surface area contributed by atoms with Crippen molar-refractivity contribution in [1.29, 1.82) is 0 Å². The smallest absolute Gasteiger partial charge is 0.186 e. The lowest BCUT2D eigenvalue weighted by molar-refractivity contribution is 0.0509. The highest BCUT2D eigenvalue weighted by atomic mass is 79.9. The van der Waals surface area contributed by atoms with E-state index in [9.17, 15) is 9.18 Å². The standard InChI is InChI=1S/C16H20BrClFNO/c1-10-6-8-16(9-7-10,20(2)3)15(21)11-4-5-12(17)13(18)14(11)19/h4-5,10H,6-9H2,1-3H3. The lowest BCUT2D eigenvalue weighted by atomic mass is 9.72. The molecule has 0 aliphatic heterocycles. The summed E-state index contributed by atoms with van der Waals surface area (Å²) in [7, 11) is 3.79. The Morgan fingerprint density at radius 2 is 1.95 bits per heavy atom. The second-order valence-corrected chi connectivity index (χ2v) is 7.39. The molecule has 5 heteroatoms. The van der Waals surface area contributed by atoms with Crippen molar-refractivity contribution in [3.05, 3.63) is 33.0 Å². The van der Waals surface area contributed by atoms with Crippen molar-refractivity contribution in [2.75, 3.05) is 14.1 Å². The quantitative estimate of drug-likeness (QED) is 0.550. The number of Topliss-reactive ketones (excluding diaryl/α,β-unsaturated/α-hetero) is 1. The Labute approximate surface area is 138 Å². The normalized spacial score (nSPS) is 26.1. The number of nitrogens with zero attached hydrogens (tertiary/aromatic N) is 1. The van der Waals surface area contributed by atoms with Crippen LogP contribution in [0.1, 0.15) is 43.0 Å². The first-order chi connectivity index (χ1) is 9.79. The van der Waals surface area contributed by atoms with Gasteiger partial charge in [0.25, 0.3) is 0 Å². The fourth-order valence-electron chi connectivity index (χ4n) is 3.07. The Morgan fingerprint density at radius 1 is 1.38 bits per heavy atom. The number of benzene rings is 1. The van der Waals surface area contributed by atoms with E-state index in [0.717, 1.165) is 25.7 Å². The van der Waals surface area contributed by atoms with Crippen molar-refractivity contribution in [2.24, 2.45) is 5.92 Å². The Hall–Kier alpha value is -0.450. The zero-order chi connectivity index (χ0) is 15.8. The van der Waals surface area contributed by atoms with Gasteiger partial charge >= 0.3 is 0 Å². The minimum atomic E-state index is -0.629. The summed E-state index contributed by atoms with van der Waals surface area (Å²) in [5.41, 5.74) is -0.531. The second kappa shape index (κ2) is 6.35. The van der Waals surface area contributed by atoms with E-state index in [2.05, 4.69) is 22.9 Å². The molecule has 21 heavy (non-hydrogen) atoms. The van der Waals surface area contributed by atoms with Gasteiger partial charge in [-0.15, -0.1) is 0 Å². The second-order valence-electron chi connectivity index (χ2n) is 6.16. The maximum Gasteiger partial charge on any atom is 0.186 e. The molecule has 1 aliphatic rings. The van der Waals surface area contributed by atoms with Gasteiger partial charge in [0.15, 0.2) is 11.6 Å². The minimum Gasteiger partial charge on any atom is -0.297 e. The topological polar surface area (TPSA) is 20.3 Å². The molecule has 1 aromatic rings. The van der Waals surface area contributed by atoms with E-state index in [1.165, 1.54) is 6.07 Å². The number of hydrogen-bond acceptors (Lipinski definition) is 2. The molecule has 116 valence electrons. The monoisotopic (exact) mass is 375 g/mol. The SMILES string of the molecule is CC1CCC(C(=O)c2ccc(Br)c(Cl)c2F)(N(C)C)CC1. The van der Waals surface area contributed by atoms with Crippen LogP contribution < -0.4 is 0 Å². The van der Waals surface area contributed by atoms with Crippen LogP contribution in [0.3, 0.4) is 0 Å². The van der Waals surface area contributed by atoms with E-state index in [1.807, 2.05) is 19.0 Å². The summed E-state index contributed by atoms with van der Waals surface area (Å²) in [5, 5.41) is -0.0288. The number of carbonyl (C=O) groups excluding carboxylic acids is 1. The number of rotatable bonds is 3. The summed E-state index contributed by atoms with van der Waals surface area (Å²) in [6.45, 7) is 2.20. The fourth-order valence-corrected chi connectivity index (χ4v) is 3.54. The molecule has 0 atom stereocenters. The van der Waals surface area contributed by atoms with Gasteiger partial charge in [-0.1, -0.05) is 18.5 Å². The average Bonchev–Trinajstić information content (AvgIpc) is 2.45. The Balaban J connectivity index is 2.43. The van der Waals surface area contributed by atoms with Crippen LogP contribution in [0.25, 0.3) is 0 Å². The molecule has 0 heterocycles. The van der Waals surface area contributed by atoms with Crippen molar-refractivity contribution in [3.8, 4) is 0 Å². The van der Waals surface area contributed by atoms with E-state index in [4.69, 9.17) is 11.6 Å². The molecule has 2 nitrogen and oxygen atoms in total. The molecule has 1 fully saturated rings. The molecular formula is C16H20BrClFNO. The van der Waals surface area contributed by atoms with Crippen LogP contribution in [-0.4, -0.2) is 30.3 Å². The third-order valence-corrected chi connectivity index (χ3v) is 5.92. The number of halogens is 3. The van der Waals surface area contributed by atoms with Gasteiger partial charge in [-0.05, 0) is 73.8 Å². The molecule has 0 bridgehead atoms. The van der Waals surface area contributed by atoms with Crippen molar-refractivity contribution in [3.63, 3.8) is 0 Å². The molecule has 0 radical (unpaired) electrons. The average molecular weight is 377 g/mol. The third kappa shape index (κ3) is 3.03. The van der Waals surface area contributed by atoms with Gasteiger partial charge in [0.05, 0.1) is 16.1 Å². The zero-order valence-corrected chi connectivity index (χ0v) is 14.9. The van der Waals surface area contributed by atoms with Crippen LogP contribution >= 0.6 is 27.5 Å². The lowest BCUT2D eigenvalue weighted by Gasteiger charge is -2.43. The molecule has 0 aromatic heterocycles. The van der Waals surface area contributed by atoms with Crippen LogP contribution in [0.5, 0.6) is 0 Å². The van der Waals surface area contributed by atoms with Gasteiger partial charge in [-0.3, -0.25) is 9.69 Å². The number of ketones is 1. The van der Waals surface area contributed by atoms with Crippen molar-refractivity contribution < 1.29 is 9.18 Å². The number of carbonyl (C=O) groups is 1. The van der Waals surface area contributed by atoms with Gasteiger partial charge < -0.3 is 0 Å². The highest BCUT2D eigenvalue weighted by Crippen LogP contribution is 2.39. The molecule has 0 N–H and O–H groups in total. The molecular weight excluding hydrogens is 357 g/mol. The summed E-state index contributed by atoms with van der Waals surface area (Å²) in [6, 6.07) is 3.16. The van der Waals surface area contributed by atoms with Gasteiger partial charge in [0.2, 0.25) is 0 Å². The van der Waals surface area contributed by atoms with Crippen molar-refractivity contribution in [1.82, 2.24) is 4.90 Å². The van der Waals surface area contributed by atoms with Crippen LogP contribution in [0.15, 0.2) is 16.6 Å². The summed E-state index contributed by atoms with van der Waals surface area (Å²) in [4.78, 5) is 14.9.